The maximum absolute atomic E-state index is 13.9. The summed E-state index contributed by atoms with van der Waals surface area (Å²) in [5.74, 6) is -2.58. The third-order valence-electron chi connectivity index (χ3n) is 9.94. The lowest BCUT2D eigenvalue weighted by Crippen LogP contribution is -2.43. The highest BCUT2D eigenvalue weighted by Crippen LogP contribution is 2.69. The van der Waals surface area contributed by atoms with E-state index in [9.17, 15) is 28.0 Å². The van der Waals surface area contributed by atoms with E-state index in [0.717, 1.165) is 21.8 Å². The molecule has 1 N–H and O–H groups in total. The molecule has 1 aromatic heterocycles. The summed E-state index contributed by atoms with van der Waals surface area (Å²) in [7, 11) is 1.59. The fourth-order valence-corrected chi connectivity index (χ4v) is 11.3. The van der Waals surface area contributed by atoms with Crippen LogP contribution in [-0.2, 0) is 20.9 Å². The summed E-state index contributed by atoms with van der Waals surface area (Å²) in [5.41, 5.74) is 1.76. The fraction of sp³-hybridized carbons (Fsp3) is 0.294. The summed E-state index contributed by atoms with van der Waals surface area (Å²) >= 11 is 2.64. The number of ether oxygens (including phenoxy) is 1. The topological polar surface area (TPSA) is 97.7 Å². The highest BCUT2D eigenvalue weighted by Gasteiger charge is 2.69. The highest BCUT2D eigenvalue weighted by atomic mass is 32.2. The number of carbonyl (C=O) groups is 3. The lowest BCUT2D eigenvalue weighted by molar-refractivity contribution is -0.123. The van der Waals surface area contributed by atoms with E-state index >= 15 is 0 Å². The number of rotatable bonds is 6. The molecule has 7 atom stereocenters. The molecule has 46 heavy (non-hydrogen) atoms. The van der Waals surface area contributed by atoms with Gasteiger partial charge in [-0.05, 0) is 90.4 Å². The predicted molar refractivity (Wildman–Crippen MR) is 169 cm³/mol. The molecule has 2 bridgehead atoms. The number of carbonyl (C=O) groups excluding carboxylic acids is 3. The number of imide groups is 1. The molecule has 8 nitrogen and oxygen atoms in total. The van der Waals surface area contributed by atoms with Gasteiger partial charge in [-0.3, -0.25) is 28.6 Å². The number of thiazole rings is 1. The molecule has 0 spiro atoms. The van der Waals surface area contributed by atoms with Crippen LogP contribution in [0.3, 0.4) is 0 Å². The lowest BCUT2D eigenvalue weighted by atomic mass is 9.68. The minimum Gasteiger partial charge on any atom is -0.497 e. The van der Waals surface area contributed by atoms with E-state index in [1.165, 1.54) is 69.8 Å². The van der Waals surface area contributed by atoms with Gasteiger partial charge in [0.15, 0.2) is 0 Å². The van der Waals surface area contributed by atoms with E-state index in [1.54, 1.807) is 7.11 Å². The number of thioether (sulfide) groups is 1. The molecular formula is C34H27F2N3O5S2. The largest absolute Gasteiger partial charge is 0.497 e. The second kappa shape index (κ2) is 10.9. The minimum absolute atomic E-state index is 0.0263. The first-order valence-corrected chi connectivity index (χ1v) is 16.7. The number of amides is 3. The van der Waals surface area contributed by atoms with Gasteiger partial charge in [-0.2, -0.15) is 0 Å². The monoisotopic (exact) mass is 659 g/mol. The molecule has 4 aliphatic rings. The van der Waals surface area contributed by atoms with E-state index in [0.29, 0.717) is 28.6 Å². The average molecular weight is 660 g/mol. The predicted octanol–water partition coefficient (Wildman–Crippen LogP) is 5.51. The molecule has 234 valence electrons. The van der Waals surface area contributed by atoms with Crippen LogP contribution in [0.5, 0.6) is 5.75 Å². The molecule has 12 heteroatoms. The van der Waals surface area contributed by atoms with E-state index in [4.69, 9.17) is 4.74 Å². The normalized spacial score (nSPS) is 27.4. The Hall–Kier alpha value is -4.29. The van der Waals surface area contributed by atoms with Crippen molar-refractivity contribution in [2.24, 2.45) is 29.6 Å². The van der Waals surface area contributed by atoms with Crippen molar-refractivity contribution in [3.8, 4) is 5.75 Å². The standard InChI is InChI=1S/C34H27F2N3O5S2/c1-44-21-12-2-16(3-13-21)25-26-22-14-23(28-27(22)31(41)39(32(28)42)20-10-6-18(36)7-11-20)29(26)45-33-30(25)46-34(43)38(33)15-24(40)37-19-8-4-17(35)5-9-19/h2-13,22-23,25-29H,14-15H2,1H3,(H,37,40). The van der Waals surface area contributed by atoms with Crippen molar-refractivity contribution in [3.05, 3.63) is 105 Å². The van der Waals surface area contributed by atoms with Gasteiger partial charge >= 0.3 is 4.87 Å². The van der Waals surface area contributed by atoms with E-state index in [-0.39, 0.29) is 52.2 Å². The molecule has 2 aliphatic heterocycles. The van der Waals surface area contributed by atoms with Crippen LogP contribution in [0.15, 0.2) is 82.6 Å². The third kappa shape index (κ3) is 4.44. The molecule has 4 aromatic rings. The zero-order chi connectivity index (χ0) is 31.9. The van der Waals surface area contributed by atoms with Crippen LogP contribution < -0.4 is 19.8 Å². The first kappa shape index (κ1) is 29.1. The van der Waals surface area contributed by atoms with Crippen LogP contribution in [-0.4, -0.2) is 34.6 Å². The lowest BCUT2D eigenvalue weighted by Gasteiger charge is -2.43. The number of fused-ring (bicyclic) bond motifs is 9. The van der Waals surface area contributed by atoms with Crippen LogP contribution >= 0.6 is 23.1 Å². The van der Waals surface area contributed by atoms with Crippen molar-refractivity contribution in [3.63, 3.8) is 0 Å². The fourth-order valence-electron chi connectivity index (χ4n) is 8.16. The molecule has 3 aromatic carbocycles. The first-order valence-electron chi connectivity index (χ1n) is 15.0. The van der Waals surface area contributed by atoms with Gasteiger partial charge in [0.25, 0.3) is 0 Å². The Morgan fingerprint density at radius 3 is 2.17 bits per heavy atom. The van der Waals surface area contributed by atoms with E-state index < -0.39 is 29.4 Å². The van der Waals surface area contributed by atoms with Crippen LogP contribution in [0.1, 0.15) is 22.8 Å². The first-order chi connectivity index (χ1) is 22.2. The Morgan fingerprint density at radius 2 is 1.52 bits per heavy atom. The summed E-state index contributed by atoms with van der Waals surface area (Å²) in [4.78, 5) is 56.2. The minimum atomic E-state index is -0.505. The quantitative estimate of drug-likeness (QED) is 0.274. The zero-order valence-electron chi connectivity index (χ0n) is 24.4. The van der Waals surface area contributed by atoms with Gasteiger partial charge in [-0.15, -0.1) is 11.8 Å². The molecule has 3 heterocycles. The molecule has 3 fully saturated rings. The number of nitrogens with zero attached hydrogens (tertiary/aromatic N) is 2. The number of anilines is 2. The molecule has 7 unspecified atom stereocenters. The maximum Gasteiger partial charge on any atom is 0.308 e. The Morgan fingerprint density at radius 1 is 0.891 bits per heavy atom. The number of nitrogens with one attached hydrogen (secondary N) is 1. The third-order valence-corrected chi connectivity index (χ3v) is 12.7. The van der Waals surface area contributed by atoms with Crippen molar-refractivity contribution in [1.82, 2.24) is 4.57 Å². The van der Waals surface area contributed by atoms with Crippen molar-refractivity contribution >= 4 is 52.2 Å². The van der Waals surface area contributed by atoms with Gasteiger partial charge < -0.3 is 10.1 Å². The van der Waals surface area contributed by atoms with Crippen LogP contribution in [0.4, 0.5) is 20.2 Å². The van der Waals surface area contributed by atoms with Crippen LogP contribution in [0, 0.1) is 41.2 Å². The number of halogens is 2. The van der Waals surface area contributed by atoms with Crippen LogP contribution in [0.2, 0.25) is 0 Å². The highest BCUT2D eigenvalue weighted by molar-refractivity contribution is 8.00. The van der Waals surface area contributed by atoms with Crippen molar-refractivity contribution in [2.45, 2.75) is 29.2 Å². The summed E-state index contributed by atoms with van der Waals surface area (Å²) in [6, 6.07) is 18.5. The van der Waals surface area contributed by atoms with Crippen molar-refractivity contribution < 1.29 is 27.9 Å². The molecule has 3 amide bonds. The summed E-state index contributed by atoms with van der Waals surface area (Å²) in [6.07, 6.45) is 0.712. The Balaban J connectivity index is 1.17. The van der Waals surface area contributed by atoms with Gasteiger partial charge in [0.05, 0.1) is 29.7 Å². The van der Waals surface area contributed by atoms with E-state index in [2.05, 4.69) is 5.32 Å². The number of hydrogen-bond acceptors (Lipinski definition) is 7. The molecule has 2 saturated carbocycles. The summed E-state index contributed by atoms with van der Waals surface area (Å²) in [5, 5.41) is 3.36. The molecule has 0 radical (unpaired) electrons. The number of hydrogen-bond donors (Lipinski definition) is 1. The molecule has 2 aliphatic carbocycles. The summed E-state index contributed by atoms with van der Waals surface area (Å²) < 4.78 is 34.0. The maximum atomic E-state index is 13.9. The summed E-state index contributed by atoms with van der Waals surface area (Å²) in [6.45, 7) is -0.225. The molecule has 8 rings (SSSR count). The van der Waals surface area contributed by atoms with E-state index in [1.807, 2.05) is 24.3 Å². The average Bonchev–Trinajstić information content (AvgIpc) is 3.77. The number of aromatic nitrogens is 1. The smallest absolute Gasteiger partial charge is 0.308 e. The zero-order valence-corrected chi connectivity index (χ0v) is 26.0. The van der Waals surface area contributed by atoms with Crippen molar-refractivity contribution in [1.29, 1.82) is 0 Å². The Labute approximate surface area is 270 Å². The van der Waals surface area contributed by atoms with Crippen LogP contribution in [0.25, 0.3) is 0 Å². The second-order valence-electron chi connectivity index (χ2n) is 12.2. The van der Waals surface area contributed by atoms with Gasteiger partial charge in [0.1, 0.15) is 23.9 Å². The number of methoxy groups -OCH3 is 1. The van der Waals surface area contributed by atoms with Gasteiger partial charge in [0, 0.05) is 21.7 Å². The van der Waals surface area contributed by atoms with Gasteiger partial charge in [-0.25, -0.2) is 8.78 Å². The van der Waals surface area contributed by atoms with Gasteiger partial charge in [0.2, 0.25) is 17.7 Å². The van der Waals surface area contributed by atoms with Gasteiger partial charge in [-0.1, -0.05) is 23.5 Å². The second-order valence-corrected chi connectivity index (χ2v) is 14.4. The Bertz CT molecular complexity index is 1940. The SMILES string of the molecule is COc1ccc(C2c3sc(=O)n(CC(=O)Nc4ccc(F)cc4)c3SC3C4CC(C5C(=O)N(c6ccc(F)cc6)C(=O)C45)C23)cc1. The van der Waals surface area contributed by atoms with Crippen molar-refractivity contribution in [2.75, 3.05) is 17.3 Å². The molecule has 1 saturated heterocycles. The number of benzene rings is 3. The Kier molecular flexibility index (Phi) is 6.91. The molecular weight excluding hydrogens is 633 g/mol.